The number of hydrogen-bond donors (Lipinski definition) is 0. The van der Waals surface area contributed by atoms with E-state index in [9.17, 15) is 20.2 Å². The maximum absolute atomic E-state index is 10.9. The summed E-state index contributed by atoms with van der Waals surface area (Å²) in [4.78, 5) is 21.7. The van der Waals surface area contributed by atoms with Crippen molar-refractivity contribution in [2.45, 2.75) is 63.5 Å². The van der Waals surface area contributed by atoms with Crippen LogP contribution in [0.5, 0.6) is 0 Å². The number of fused-ring (bicyclic) bond motifs is 4. The molecule has 4 bridgehead atoms. The third kappa shape index (κ3) is 2.38. The second-order valence-electron chi connectivity index (χ2n) is 7.81. The van der Waals surface area contributed by atoms with Gasteiger partial charge in [-0.3, -0.25) is 20.2 Å². The van der Waals surface area contributed by atoms with E-state index in [1.165, 1.54) is 0 Å². The largest absolute Gasteiger partial charge is 0.264 e. The Morgan fingerprint density at radius 1 is 0.833 bits per heavy atom. The third-order valence-corrected chi connectivity index (χ3v) is 6.91. The Kier molecular flexibility index (Phi) is 4.26. The van der Waals surface area contributed by atoms with Gasteiger partial charge in [0.05, 0.1) is 0 Å². The van der Waals surface area contributed by atoms with E-state index in [1.54, 1.807) is 0 Å². The van der Waals surface area contributed by atoms with Crippen molar-refractivity contribution in [3.05, 3.63) is 44.5 Å². The van der Waals surface area contributed by atoms with E-state index in [-0.39, 0.29) is 21.7 Å². The SMILES string of the molecule is CC[C@@]1([N+](=O)[O-])C[C@@H]2C=C[C@H]1C2.CC[C@]1([N+](=O)[O-])C[C@@H]2C=C[C@H]1C2. The molecule has 0 unspecified atom stereocenters. The minimum atomic E-state index is -0.612. The van der Waals surface area contributed by atoms with Gasteiger partial charge in [-0.25, -0.2) is 0 Å². The van der Waals surface area contributed by atoms with Crippen molar-refractivity contribution in [1.29, 1.82) is 0 Å². The van der Waals surface area contributed by atoms with Gasteiger partial charge in [0.15, 0.2) is 0 Å². The van der Waals surface area contributed by atoms with E-state index in [2.05, 4.69) is 12.2 Å². The average Bonchev–Trinajstić information content (AvgIpc) is 3.33. The van der Waals surface area contributed by atoms with Crippen LogP contribution in [0, 0.1) is 43.9 Å². The molecule has 0 aromatic rings. The van der Waals surface area contributed by atoms with Gasteiger partial charge in [0.25, 0.3) is 0 Å². The summed E-state index contributed by atoms with van der Waals surface area (Å²) in [6, 6.07) is 0. The average molecular weight is 334 g/mol. The van der Waals surface area contributed by atoms with E-state index in [1.807, 2.05) is 26.0 Å². The zero-order valence-corrected chi connectivity index (χ0v) is 14.4. The molecule has 0 aromatic carbocycles. The number of nitrogens with zero attached hydrogens (tertiary/aromatic N) is 2. The summed E-state index contributed by atoms with van der Waals surface area (Å²) in [5, 5.41) is 21.8. The smallest absolute Gasteiger partial charge is 0.228 e. The fourth-order valence-electron chi connectivity index (χ4n) is 5.35. The molecule has 0 aromatic heterocycles. The molecule has 6 atom stereocenters. The Bertz CT molecular complexity index is 550. The lowest BCUT2D eigenvalue weighted by molar-refractivity contribution is -0.576. The Labute approximate surface area is 142 Å². The van der Waals surface area contributed by atoms with E-state index in [0.29, 0.717) is 24.7 Å². The molecule has 2 saturated carbocycles. The predicted octanol–water partition coefficient (Wildman–Crippen LogP) is 4.02. The molecule has 132 valence electrons. The van der Waals surface area contributed by atoms with Gasteiger partial charge in [-0.2, -0.15) is 0 Å². The highest BCUT2D eigenvalue weighted by Gasteiger charge is 2.57. The zero-order chi connectivity index (χ0) is 17.5. The maximum atomic E-state index is 10.9. The standard InChI is InChI=1S/2C9H13NO2/c2*1-2-9(10(11)12)6-7-3-4-8(9)5-7/h2*3-4,7-8H,2,5-6H2,1H3/t7-,8+,9+;7-,8+,9-/m11/s1. The molecule has 0 amide bonds. The highest BCUT2D eigenvalue weighted by molar-refractivity contribution is 5.17. The molecule has 2 fully saturated rings. The number of allylic oxidation sites excluding steroid dienone is 2. The summed E-state index contributed by atoms with van der Waals surface area (Å²) >= 11 is 0. The number of nitro groups is 2. The lowest BCUT2D eigenvalue weighted by Crippen LogP contribution is -2.41. The molecule has 4 aliphatic rings. The van der Waals surface area contributed by atoms with Gasteiger partial charge in [0.2, 0.25) is 11.1 Å². The first-order chi connectivity index (χ1) is 11.4. The number of rotatable bonds is 4. The lowest BCUT2D eigenvalue weighted by atomic mass is 9.83. The van der Waals surface area contributed by atoms with Gasteiger partial charge in [-0.15, -0.1) is 0 Å². The van der Waals surface area contributed by atoms with Crippen LogP contribution >= 0.6 is 0 Å². The lowest BCUT2D eigenvalue weighted by Gasteiger charge is -2.25. The van der Waals surface area contributed by atoms with Crippen molar-refractivity contribution in [3.8, 4) is 0 Å². The summed E-state index contributed by atoms with van der Waals surface area (Å²) in [7, 11) is 0. The van der Waals surface area contributed by atoms with Crippen LogP contribution in [0.4, 0.5) is 0 Å². The Morgan fingerprint density at radius 3 is 1.33 bits per heavy atom. The topological polar surface area (TPSA) is 86.3 Å². The highest BCUT2D eigenvalue weighted by atomic mass is 16.6. The maximum Gasteiger partial charge on any atom is 0.228 e. The van der Waals surface area contributed by atoms with Gasteiger partial charge in [0.1, 0.15) is 0 Å². The highest BCUT2D eigenvalue weighted by Crippen LogP contribution is 2.50. The number of hydrogen-bond acceptors (Lipinski definition) is 4. The van der Waals surface area contributed by atoms with E-state index < -0.39 is 11.1 Å². The quantitative estimate of drug-likeness (QED) is 0.441. The van der Waals surface area contributed by atoms with E-state index in [4.69, 9.17) is 0 Å². The van der Waals surface area contributed by atoms with Crippen LogP contribution in [0.3, 0.4) is 0 Å². The monoisotopic (exact) mass is 334 g/mol. The fraction of sp³-hybridized carbons (Fsp3) is 0.778. The first-order valence-corrected chi connectivity index (χ1v) is 9.03. The summed E-state index contributed by atoms with van der Waals surface area (Å²) in [6.45, 7) is 3.86. The van der Waals surface area contributed by atoms with Gasteiger partial charge in [-0.05, 0) is 24.7 Å². The molecule has 6 heteroatoms. The first kappa shape index (κ1) is 17.1. The Morgan fingerprint density at radius 2 is 1.21 bits per heavy atom. The van der Waals surface area contributed by atoms with Crippen molar-refractivity contribution in [1.82, 2.24) is 0 Å². The van der Waals surface area contributed by atoms with Gasteiger partial charge < -0.3 is 0 Å². The molecule has 0 radical (unpaired) electrons. The summed E-state index contributed by atoms with van der Waals surface area (Å²) in [5.41, 5.74) is -1.22. The van der Waals surface area contributed by atoms with Crippen LogP contribution in [0.25, 0.3) is 0 Å². The van der Waals surface area contributed by atoms with Crippen LogP contribution in [0.15, 0.2) is 24.3 Å². The summed E-state index contributed by atoms with van der Waals surface area (Å²) in [5.74, 6) is 1.39. The van der Waals surface area contributed by atoms with E-state index >= 15 is 0 Å². The van der Waals surface area contributed by atoms with Crippen LogP contribution in [0.1, 0.15) is 52.4 Å². The second kappa shape index (κ2) is 5.97. The first-order valence-electron chi connectivity index (χ1n) is 9.03. The Hall–Kier alpha value is -1.72. The van der Waals surface area contributed by atoms with Crippen LogP contribution in [0.2, 0.25) is 0 Å². The third-order valence-electron chi connectivity index (χ3n) is 6.91. The van der Waals surface area contributed by atoms with Crippen LogP contribution in [-0.2, 0) is 0 Å². The minimum absolute atomic E-state index is 0.0544. The van der Waals surface area contributed by atoms with Crippen molar-refractivity contribution < 1.29 is 9.85 Å². The molecule has 0 saturated heterocycles. The van der Waals surface area contributed by atoms with Crippen molar-refractivity contribution in [2.75, 3.05) is 0 Å². The normalized spacial score (nSPS) is 43.8. The molecule has 0 N–H and O–H groups in total. The molecule has 6 nitrogen and oxygen atoms in total. The zero-order valence-electron chi connectivity index (χ0n) is 14.4. The molecular weight excluding hydrogens is 308 g/mol. The second-order valence-corrected chi connectivity index (χ2v) is 7.81. The van der Waals surface area contributed by atoms with E-state index in [0.717, 1.165) is 25.7 Å². The van der Waals surface area contributed by atoms with Crippen molar-refractivity contribution >= 4 is 0 Å². The van der Waals surface area contributed by atoms with Crippen molar-refractivity contribution in [2.24, 2.45) is 23.7 Å². The summed E-state index contributed by atoms with van der Waals surface area (Å²) in [6.07, 6.45) is 13.3. The predicted molar refractivity (Wildman–Crippen MR) is 90.7 cm³/mol. The van der Waals surface area contributed by atoms with Crippen LogP contribution < -0.4 is 0 Å². The van der Waals surface area contributed by atoms with Crippen LogP contribution in [-0.4, -0.2) is 20.9 Å². The Balaban J connectivity index is 0.000000141. The van der Waals surface area contributed by atoms with Gasteiger partial charge in [0, 0.05) is 47.4 Å². The minimum Gasteiger partial charge on any atom is -0.264 e. The molecule has 0 spiro atoms. The molecular formula is C18H26N2O4. The molecule has 24 heavy (non-hydrogen) atoms. The molecule has 0 heterocycles. The summed E-state index contributed by atoms with van der Waals surface area (Å²) < 4.78 is 0. The van der Waals surface area contributed by atoms with Crippen molar-refractivity contribution in [3.63, 3.8) is 0 Å². The van der Waals surface area contributed by atoms with Gasteiger partial charge >= 0.3 is 0 Å². The fourth-order valence-corrected chi connectivity index (χ4v) is 5.35. The molecule has 4 aliphatic carbocycles. The molecule has 4 rings (SSSR count). The van der Waals surface area contributed by atoms with Gasteiger partial charge in [-0.1, -0.05) is 38.2 Å². The molecule has 0 aliphatic heterocycles.